The van der Waals surface area contributed by atoms with E-state index in [2.05, 4.69) is 56.4 Å². The molecular formula is C19H25N3. The van der Waals surface area contributed by atoms with Crippen molar-refractivity contribution in [3.8, 4) is 0 Å². The van der Waals surface area contributed by atoms with Gasteiger partial charge in [-0.25, -0.2) is 0 Å². The first-order valence-corrected chi connectivity index (χ1v) is 7.80. The van der Waals surface area contributed by atoms with Crippen molar-refractivity contribution in [1.82, 2.24) is 0 Å². The maximum absolute atomic E-state index is 8.35. The van der Waals surface area contributed by atoms with Crippen molar-refractivity contribution in [2.24, 2.45) is 0 Å². The highest BCUT2D eigenvalue weighted by atomic mass is 15.3. The molecule has 0 heterocycles. The highest BCUT2D eigenvalue weighted by Gasteiger charge is 2.13. The van der Waals surface area contributed by atoms with E-state index >= 15 is 0 Å². The smallest absolute Gasteiger partial charge is 0.199 e. The summed E-state index contributed by atoms with van der Waals surface area (Å²) < 4.78 is 0. The third-order valence-corrected chi connectivity index (χ3v) is 3.85. The molecule has 0 bridgehead atoms. The lowest BCUT2D eigenvalue weighted by Gasteiger charge is -2.25. The number of rotatable bonds is 4. The maximum Gasteiger partial charge on any atom is 0.199 e. The van der Waals surface area contributed by atoms with Gasteiger partial charge in [-0.3, -0.25) is 5.41 Å². The van der Waals surface area contributed by atoms with E-state index in [0.717, 1.165) is 17.8 Å². The normalized spacial score (nSPS) is 10.6. The second-order valence-electron chi connectivity index (χ2n) is 5.80. The van der Waals surface area contributed by atoms with Crippen LogP contribution in [-0.2, 0) is 6.42 Å². The standard InChI is InChI=1S/C19H25N3/c1-5-15-9-8-10-16(13-15)21-19(20)22(4)18-12-7-6-11-17(18)14(2)3/h6-14H,5H2,1-4H3,(H2,20,21). The first-order chi connectivity index (χ1) is 10.5. The summed E-state index contributed by atoms with van der Waals surface area (Å²) in [6.07, 6.45) is 0.995. The third-order valence-electron chi connectivity index (χ3n) is 3.85. The van der Waals surface area contributed by atoms with Gasteiger partial charge in [0, 0.05) is 18.4 Å². The van der Waals surface area contributed by atoms with Crippen molar-refractivity contribution >= 4 is 17.3 Å². The first-order valence-electron chi connectivity index (χ1n) is 7.80. The Balaban J connectivity index is 2.19. The molecule has 22 heavy (non-hydrogen) atoms. The molecule has 2 aromatic carbocycles. The van der Waals surface area contributed by atoms with Gasteiger partial charge in [-0.15, -0.1) is 0 Å². The molecule has 0 amide bonds. The average molecular weight is 295 g/mol. The second kappa shape index (κ2) is 7.12. The Morgan fingerprint density at radius 3 is 2.55 bits per heavy atom. The first kappa shape index (κ1) is 16.1. The molecular weight excluding hydrogens is 270 g/mol. The summed E-state index contributed by atoms with van der Waals surface area (Å²) in [6, 6.07) is 16.5. The van der Waals surface area contributed by atoms with E-state index < -0.39 is 0 Å². The van der Waals surface area contributed by atoms with Crippen LogP contribution in [0.1, 0.15) is 37.8 Å². The van der Waals surface area contributed by atoms with E-state index in [4.69, 9.17) is 5.41 Å². The fourth-order valence-electron chi connectivity index (χ4n) is 2.49. The number of para-hydroxylation sites is 1. The van der Waals surface area contributed by atoms with Crippen LogP contribution in [0.4, 0.5) is 11.4 Å². The quantitative estimate of drug-likeness (QED) is 0.625. The van der Waals surface area contributed by atoms with Crippen LogP contribution in [0.3, 0.4) is 0 Å². The van der Waals surface area contributed by atoms with Crippen molar-refractivity contribution in [2.75, 3.05) is 17.3 Å². The lowest BCUT2D eigenvalue weighted by atomic mass is 10.0. The summed E-state index contributed by atoms with van der Waals surface area (Å²) in [5.74, 6) is 0.802. The van der Waals surface area contributed by atoms with E-state index in [1.54, 1.807) is 0 Å². The maximum atomic E-state index is 8.35. The molecule has 0 unspecified atom stereocenters. The Kier molecular flexibility index (Phi) is 5.21. The Bertz CT molecular complexity index is 647. The monoisotopic (exact) mass is 295 g/mol. The van der Waals surface area contributed by atoms with Gasteiger partial charge in [-0.1, -0.05) is 51.1 Å². The molecule has 0 aromatic heterocycles. The van der Waals surface area contributed by atoms with Crippen LogP contribution in [0.5, 0.6) is 0 Å². The summed E-state index contributed by atoms with van der Waals surface area (Å²) >= 11 is 0. The number of guanidine groups is 1. The molecule has 0 saturated heterocycles. The fraction of sp³-hybridized carbons (Fsp3) is 0.316. The predicted molar refractivity (Wildman–Crippen MR) is 96.1 cm³/mol. The highest BCUT2D eigenvalue weighted by molar-refractivity contribution is 6.03. The van der Waals surface area contributed by atoms with E-state index in [1.165, 1.54) is 11.1 Å². The summed E-state index contributed by atoms with van der Waals surface area (Å²) in [7, 11) is 1.93. The minimum atomic E-state index is 0.376. The van der Waals surface area contributed by atoms with Crippen LogP contribution in [0, 0.1) is 5.41 Å². The van der Waals surface area contributed by atoms with Crippen LogP contribution in [-0.4, -0.2) is 13.0 Å². The van der Waals surface area contributed by atoms with Gasteiger partial charge in [-0.2, -0.15) is 0 Å². The minimum Gasteiger partial charge on any atom is -0.326 e. The Labute approximate surface area is 133 Å². The SMILES string of the molecule is CCc1cccc(NC(=N)N(C)c2ccccc2C(C)C)c1. The van der Waals surface area contributed by atoms with Gasteiger partial charge in [0.25, 0.3) is 0 Å². The number of benzene rings is 2. The Morgan fingerprint density at radius 2 is 1.86 bits per heavy atom. The van der Waals surface area contributed by atoms with Crippen molar-refractivity contribution < 1.29 is 0 Å². The third kappa shape index (κ3) is 3.67. The molecule has 0 fully saturated rings. The van der Waals surface area contributed by atoms with Crippen molar-refractivity contribution in [1.29, 1.82) is 5.41 Å². The molecule has 0 aliphatic carbocycles. The van der Waals surface area contributed by atoms with Gasteiger partial charge in [0.1, 0.15) is 0 Å². The fourth-order valence-corrected chi connectivity index (χ4v) is 2.49. The zero-order chi connectivity index (χ0) is 16.1. The number of nitrogens with zero attached hydrogens (tertiary/aromatic N) is 1. The van der Waals surface area contributed by atoms with Crippen LogP contribution < -0.4 is 10.2 Å². The Morgan fingerprint density at radius 1 is 1.14 bits per heavy atom. The van der Waals surface area contributed by atoms with Gasteiger partial charge in [-0.05, 0) is 41.7 Å². The number of nitrogens with one attached hydrogen (secondary N) is 2. The second-order valence-corrected chi connectivity index (χ2v) is 5.80. The molecule has 0 atom stereocenters. The topological polar surface area (TPSA) is 39.1 Å². The van der Waals surface area contributed by atoms with Crippen molar-refractivity contribution in [3.05, 3.63) is 59.7 Å². The Hall–Kier alpha value is -2.29. The minimum absolute atomic E-state index is 0.376. The average Bonchev–Trinajstić information content (AvgIpc) is 2.54. The molecule has 116 valence electrons. The highest BCUT2D eigenvalue weighted by Crippen LogP contribution is 2.26. The number of hydrogen-bond donors (Lipinski definition) is 2. The number of aryl methyl sites for hydroxylation is 1. The van der Waals surface area contributed by atoms with Crippen LogP contribution in [0.15, 0.2) is 48.5 Å². The van der Waals surface area contributed by atoms with Gasteiger partial charge in [0.15, 0.2) is 5.96 Å². The molecule has 3 heteroatoms. The van der Waals surface area contributed by atoms with Gasteiger partial charge in [0.2, 0.25) is 0 Å². The van der Waals surface area contributed by atoms with E-state index in [1.807, 2.05) is 30.1 Å². The van der Waals surface area contributed by atoms with Crippen LogP contribution in [0.25, 0.3) is 0 Å². The van der Waals surface area contributed by atoms with Gasteiger partial charge >= 0.3 is 0 Å². The molecule has 2 aromatic rings. The van der Waals surface area contributed by atoms with Crippen molar-refractivity contribution in [2.45, 2.75) is 33.1 Å². The van der Waals surface area contributed by atoms with Crippen LogP contribution in [0.2, 0.25) is 0 Å². The molecule has 2 rings (SSSR count). The van der Waals surface area contributed by atoms with E-state index in [9.17, 15) is 0 Å². The molecule has 0 radical (unpaired) electrons. The lowest BCUT2D eigenvalue weighted by Crippen LogP contribution is -2.32. The number of hydrogen-bond acceptors (Lipinski definition) is 1. The van der Waals surface area contributed by atoms with E-state index in [-0.39, 0.29) is 0 Å². The number of anilines is 2. The molecule has 2 N–H and O–H groups in total. The summed E-state index contributed by atoms with van der Waals surface area (Å²) in [5.41, 5.74) is 4.54. The van der Waals surface area contributed by atoms with Gasteiger partial charge in [0.05, 0.1) is 0 Å². The zero-order valence-electron chi connectivity index (χ0n) is 13.9. The molecule has 0 spiro atoms. The predicted octanol–water partition coefficient (Wildman–Crippen LogP) is 4.86. The summed E-state index contributed by atoms with van der Waals surface area (Å²) in [5, 5.41) is 11.5. The van der Waals surface area contributed by atoms with Crippen molar-refractivity contribution in [3.63, 3.8) is 0 Å². The van der Waals surface area contributed by atoms with Crippen LogP contribution >= 0.6 is 0 Å². The van der Waals surface area contributed by atoms with E-state index in [0.29, 0.717) is 11.9 Å². The molecule has 3 nitrogen and oxygen atoms in total. The summed E-state index contributed by atoms with van der Waals surface area (Å²) in [6.45, 7) is 6.48. The molecule has 0 aliphatic heterocycles. The lowest BCUT2D eigenvalue weighted by molar-refractivity contribution is 0.863. The zero-order valence-corrected chi connectivity index (χ0v) is 13.9. The summed E-state index contributed by atoms with van der Waals surface area (Å²) in [4.78, 5) is 1.90. The van der Waals surface area contributed by atoms with Gasteiger partial charge < -0.3 is 10.2 Å². The molecule has 0 aliphatic rings. The largest absolute Gasteiger partial charge is 0.326 e. The molecule has 0 saturated carbocycles.